The van der Waals surface area contributed by atoms with Gasteiger partial charge in [-0.15, -0.1) is 4.40 Å². The van der Waals surface area contributed by atoms with Gasteiger partial charge in [0.1, 0.15) is 21.8 Å². The molecule has 8 nitrogen and oxygen atoms in total. The molecule has 0 spiro atoms. The standard InChI is InChI=1S/C21H15FN4O4S/c22-14-9-7-13(8-10-14)12-26-21(28)18(19(27)16-5-3-11-25(16)26)20-23-15-4-1-2-6-17(15)31(29,30)24-20/h1-11,27H,12H2,(H,23,24). The lowest BCUT2D eigenvalue weighted by molar-refractivity contribution is 0.466. The maximum atomic E-state index is 13.4. The van der Waals surface area contributed by atoms with Crippen LogP contribution >= 0.6 is 0 Å². The van der Waals surface area contributed by atoms with Crippen LogP contribution in [0.15, 0.2) is 80.9 Å². The maximum Gasteiger partial charge on any atom is 0.286 e. The van der Waals surface area contributed by atoms with Gasteiger partial charge in [0.05, 0.1) is 12.2 Å². The van der Waals surface area contributed by atoms with Gasteiger partial charge in [-0.1, -0.05) is 24.3 Å². The van der Waals surface area contributed by atoms with E-state index < -0.39 is 27.1 Å². The molecule has 5 rings (SSSR count). The molecule has 1 aliphatic rings. The van der Waals surface area contributed by atoms with Gasteiger partial charge in [-0.3, -0.25) is 9.31 Å². The number of amidine groups is 1. The van der Waals surface area contributed by atoms with E-state index in [1.165, 1.54) is 27.4 Å². The SMILES string of the molecule is O=c1c(C2=NS(=O)(=O)c3ccccc3N2)c(O)c2cccn2n1Cc1ccc(F)cc1. The largest absolute Gasteiger partial charge is 0.505 e. The third-order valence-electron chi connectivity index (χ3n) is 5.03. The third-order valence-corrected chi connectivity index (χ3v) is 6.36. The molecule has 0 saturated carbocycles. The molecule has 3 heterocycles. The van der Waals surface area contributed by atoms with E-state index in [0.29, 0.717) is 5.56 Å². The first-order valence-electron chi connectivity index (χ1n) is 9.24. The normalized spacial score (nSPS) is 14.7. The van der Waals surface area contributed by atoms with Crippen LogP contribution in [0.25, 0.3) is 5.52 Å². The van der Waals surface area contributed by atoms with Crippen molar-refractivity contribution in [2.45, 2.75) is 11.4 Å². The molecule has 156 valence electrons. The molecule has 0 saturated heterocycles. The highest BCUT2D eigenvalue weighted by atomic mass is 32.2. The van der Waals surface area contributed by atoms with E-state index in [4.69, 9.17) is 0 Å². The van der Waals surface area contributed by atoms with E-state index in [1.807, 2.05) is 0 Å². The van der Waals surface area contributed by atoms with Crippen molar-refractivity contribution in [3.63, 3.8) is 0 Å². The quantitative estimate of drug-likeness (QED) is 0.512. The van der Waals surface area contributed by atoms with Crippen molar-refractivity contribution in [3.8, 4) is 5.75 Å². The van der Waals surface area contributed by atoms with Crippen molar-refractivity contribution in [2.24, 2.45) is 4.40 Å². The molecular formula is C21H15FN4O4S. The van der Waals surface area contributed by atoms with Crippen molar-refractivity contribution in [1.29, 1.82) is 0 Å². The average Bonchev–Trinajstić information content (AvgIpc) is 3.22. The lowest BCUT2D eigenvalue weighted by atomic mass is 10.2. The number of anilines is 1. The Morgan fingerprint density at radius 2 is 1.77 bits per heavy atom. The number of fused-ring (bicyclic) bond motifs is 2. The number of sulfonamides is 1. The Kier molecular flexibility index (Phi) is 4.19. The minimum absolute atomic E-state index is 0.0198. The fourth-order valence-electron chi connectivity index (χ4n) is 3.57. The molecule has 0 amide bonds. The molecule has 0 unspecified atom stereocenters. The molecule has 0 atom stereocenters. The molecule has 0 fully saturated rings. The number of benzene rings is 2. The first-order valence-corrected chi connectivity index (χ1v) is 10.7. The Labute approximate surface area is 175 Å². The number of hydrogen-bond donors (Lipinski definition) is 2. The molecule has 2 aromatic carbocycles. The topological polar surface area (TPSA) is 105 Å². The monoisotopic (exact) mass is 438 g/mol. The Balaban J connectivity index is 1.73. The molecule has 2 aromatic heterocycles. The lowest BCUT2D eigenvalue weighted by Gasteiger charge is -2.20. The van der Waals surface area contributed by atoms with Gasteiger partial charge in [-0.05, 0) is 42.0 Å². The number of aromatic nitrogens is 2. The molecule has 2 N–H and O–H groups in total. The smallest absolute Gasteiger partial charge is 0.286 e. The van der Waals surface area contributed by atoms with E-state index in [2.05, 4.69) is 9.71 Å². The molecule has 0 radical (unpaired) electrons. The summed E-state index contributed by atoms with van der Waals surface area (Å²) in [7, 11) is -4.07. The van der Waals surface area contributed by atoms with Crippen LogP contribution in [0.2, 0.25) is 0 Å². The van der Waals surface area contributed by atoms with Gasteiger partial charge in [-0.25, -0.2) is 9.07 Å². The molecule has 1 aliphatic heterocycles. The summed E-state index contributed by atoms with van der Waals surface area (Å²) >= 11 is 0. The van der Waals surface area contributed by atoms with Gasteiger partial charge in [0.2, 0.25) is 0 Å². The number of para-hydroxylation sites is 1. The second-order valence-corrected chi connectivity index (χ2v) is 8.56. The Hall–Kier alpha value is -3.92. The van der Waals surface area contributed by atoms with E-state index in [-0.39, 0.29) is 34.0 Å². The fraction of sp³-hybridized carbons (Fsp3) is 0.0476. The van der Waals surface area contributed by atoms with E-state index in [9.17, 15) is 22.7 Å². The highest BCUT2D eigenvalue weighted by Crippen LogP contribution is 2.30. The Morgan fingerprint density at radius 1 is 1.03 bits per heavy atom. The number of halogens is 1. The van der Waals surface area contributed by atoms with Crippen LogP contribution in [0.3, 0.4) is 0 Å². The summed E-state index contributed by atoms with van der Waals surface area (Å²) in [6.45, 7) is 0.0637. The summed E-state index contributed by atoms with van der Waals surface area (Å²) < 4.78 is 45.1. The van der Waals surface area contributed by atoms with Crippen LogP contribution in [0.1, 0.15) is 11.1 Å². The van der Waals surface area contributed by atoms with Gasteiger partial charge in [0.25, 0.3) is 15.6 Å². The van der Waals surface area contributed by atoms with Crippen molar-refractivity contribution in [3.05, 3.63) is 94.2 Å². The van der Waals surface area contributed by atoms with Crippen LogP contribution in [0.4, 0.5) is 10.1 Å². The summed E-state index contributed by atoms with van der Waals surface area (Å²) in [5.41, 5.74) is 0.258. The average molecular weight is 438 g/mol. The summed E-state index contributed by atoms with van der Waals surface area (Å²) in [6, 6.07) is 15.0. The second-order valence-electron chi connectivity index (χ2n) is 6.99. The minimum atomic E-state index is -4.07. The van der Waals surface area contributed by atoms with Crippen LogP contribution < -0.4 is 10.9 Å². The van der Waals surface area contributed by atoms with Gasteiger partial charge in [0.15, 0.2) is 11.6 Å². The third kappa shape index (κ3) is 3.08. The van der Waals surface area contributed by atoms with Crippen LogP contribution in [0.5, 0.6) is 5.75 Å². The minimum Gasteiger partial charge on any atom is -0.505 e. The number of nitrogens with one attached hydrogen (secondary N) is 1. The number of nitrogens with zero attached hydrogens (tertiary/aromatic N) is 3. The summed E-state index contributed by atoms with van der Waals surface area (Å²) in [4.78, 5) is 13.4. The van der Waals surface area contributed by atoms with Crippen LogP contribution in [-0.2, 0) is 16.6 Å². The summed E-state index contributed by atoms with van der Waals surface area (Å²) in [5, 5.41) is 13.7. The van der Waals surface area contributed by atoms with E-state index in [0.717, 1.165) is 0 Å². The number of rotatable bonds is 3. The Morgan fingerprint density at radius 3 is 2.55 bits per heavy atom. The van der Waals surface area contributed by atoms with Crippen molar-refractivity contribution in [1.82, 2.24) is 9.20 Å². The predicted molar refractivity (Wildman–Crippen MR) is 113 cm³/mol. The highest BCUT2D eigenvalue weighted by Gasteiger charge is 2.29. The first kappa shape index (κ1) is 19.1. The van der Waals surface area contributed by atoms with Crippen molar-refractivity contribution < 1.29 is 17.9 Å². The summed E-state index contributed by atoms with van der Waals surface area (Å²) in [5.74, 6) is -1.07. The van der Waals surface area contributed by atoms with Gasteiger partial charge in [0, 0.05) is 6.20 Å². The molecule has 31 heavy (non-hydrogen) atoms. The van der Waals surface area contributed by atoms with Gasteiger partial charge in [-0.2, -0.15) is 8.42 Å². The molecular weight excluding hydrogens is 423 g/mol. The van der Waals surface area contributed by atoms with Gasteiger partial charge < -0.3 is 10.4 Å². The fourth-order valence-corrected chi connectivity index (χ4v) is 4.70. The molecule has 4 aromatic rings. The zero-order valence-electron chi connectivity index (χ0n) is 15.9. The summed E-state index contributed by atoms with van der Waals surface area (Å²) in [6.07, 6.45) is 1.59. The van der Waals surface area contributed by atoms with Crippen molar-refractivity contribution in [2.75, 3.05) is 5.32 Å². The zero-order chi connectivity index (χ0) is 21.8. The Bertz CT molecular complexity index is 1540. The van der Waals surface area contributed by atoms with E-state index in [1.54, 1.807) is 48.7 Å². The lowest BCUT2D eigenvalue weighted by Crippen LogP contribution is -2.35. The van der Waals surface area contributed by atoms with Crippen LogP contribution in [0, 0.1) is 5.82 Å². The molecule has 0 bridgehead atoms. The molecule has 10 heteroatoms. The highest BCUT2D eigenvalue weighted by molar-refractivity contribution is 7.90. The second kappa shape index (κ2) is 6.81. The first-order chi connectivity index (χ1) is 14.8. The predicted octanol–water partition coefficient (Wildman–Crippen LogP) is 2.56. The van der Waals surface area contributed by atoms with Crippen molar-refractivity contribution >= 4 is 27.1 Å². The zero-order valence-corrected chi connectivity index (χ0v) is 16.7. The number of aromatic hydroxyl groups is 1. The van der Waals surface area contributed by atoms with Gasteiger partial charge >= 0.3 is 0 Å². The van der Waals surface area contributed by atoms with E-state index >= 15 is 0 Å². The van der Waals surface area contributed by atoms with Crippen LogP contribution in [-0.4, -0.2) is 28.6 Å². The molecule has 0 aliphatic carbocycles. The maximum absolute atomic E-state index is 13.4. The number of hydrogen-bond acceptors (Lipinski definition) is 5.